The predicted octanol–water partition coefficient (Wildman–Crippen LogP) is 4.05. The summed E-state index contributed by atoms with van der Waals surface area (Å²) in [5, 5.41) is 6.48. The van der Waals surface area contributed by atoms with E-state index in [1.54, 1.807) is 37.6 Å². The molecule has 0 spiro atoms. The van der Waals surface area contributed by atoms with Crippen LogP contribution >= 0.6 is 11.6 Å². The van der Waals surface area contributed by atoms with Crippen molar-refractivity contribution in [3.8, 4) is 5.75 Å². The first kappa shape index (κ1) is 18.7. The summed E-state index contributed by atoms with van der Waals surface area (Å²) in [6, 6.07) is 14.8. The van der Waals surface area contributed by atoms with Crippen LogP contribution in [0.5, 0.6) is 5.75 Å². The highest BCUT2D eigenvalue weighted by Crippen LogP contribution is 2.16. The zero-order valence-electron chi connectivity index (χ0n) is 14.8. The van der Waals surface area contributed by atoms with Crippen LogP contribution < -0.4 is 15.4 Å². The third kappa shape index (κ3) is 5.43. The van der Waals surface area contributed by atoms with Crippen molar-refractivity contribution in [2.45, 2.75) is 6.42 Å². The molecule has 0 saturated carbocycles. The number of halogens is 1. The van der Waals surface area contributed by atoms with Crippen LogP contribution in [-0.4, -0.2) is 29.5 Å². The van der Waals surface area contributed by atoms with Gasteiger partial charge in [0.1, 0.15) is 17.3 Å². The van der Waals surface area contributed by atoms with Gasteiger partial charge in [0.05, 0.1) is 19.5 Å². The molecule has 7 heteroatoms. The summed E-state index contributed by atoms with van der Waals surface area (Å²) < 4.78 is 5.14. The lowest BCUT2D eigenvalue weighted by molar-refractivity contribution is 0.102. The van der Waals surface area contributed by atoms with Crippen LogP contribution in [-0.2, 0) is 6.42 Å². The largest absolute Gasteiger partial charge is 0.497 e. The number of hydrogen-bond acceptors (Lipinski definition) is 5. The number of amides is 1. The number of benzene rings is 2. The Kier molecular flexibility index (Phi) is 6.22. The molecule has 3 aromatic rings. The van der Waals surface area contributed by atoms with Gasteiger partial charge in [0.15, 0.2) is 0 Å². The fourth-order valence-corrected chi connectivity index (χ4v) is 2.62. The third-order valence-corrected chi connectivity index (χ3v) is 4.08. The predicted molar refractivity (Wildman–Crippen MR) is 107 cm³/mol. The highest BCUT2D eigenvalue weighted by molar-refractivity contribution is 6.30. The summed E-state index contributed by atoms with van der Waals surface area (Å²) in [5.74, 6) is 1.11. The molecule has 2 aromatic carbocycles. The van der Waals surface area contributed by atoms with E-state index in [0.717, 1.165) is 12.2 Å². The standard InChI is InChI=1S/C20H19ClN4O2/c1-27-17-7-5-14(6-8-17)9-10-22-19-13-23-18(12-24-19)20(26)25-16-4-2-3-15(21)11-16/h2-8,11-13H,9-10H2,1H3,(H,22,24)(H,25,26). The highest BCUT2D eigenvalue weighted by atomic mass is 35.5. The van der Waals surface area contributed by atoms with Gasteiger partial charge in [-0.25, -0.2) is 9.97 Å². The second-order valence-electron chi connectivity index (χ2n) is 5.78. The van der Waals surface area contributed by atoms with Crippen molar-refractivity contribution in [2.75, 3.05) is 24.3 Å². The average molecular weight is 383 g/mol. The quantitative estimate of drug-likeness (QED) is 0.644. The second kappa shape index (κ2) is 9.00. The van der Waals surface area contributed by atoms with Gasteiger partial charge in [0, 0.05) is 17.3 Å². The van der Waals surface area contributed by atoms with Gasteiger partial charge in [-0.05, 0) is 42.3 Å². The van der Waals surface area contributed by atoms with Crippen molar-refractivity contribution in [2.24, 2.45) is 0 Å². The van der Waals surface area contributed by atoms with Gasteiger partial charge in [0.25, 0.3) is 5.91 Å². The van der Waals surface area contributed by atoms with Crippen LogP contribution in [0.3, 0.4) is 0 Å². The molecule has 1 heterocycles. The minimum absolute atomic E-state index is 0.232. The molecule has 0 aliphatic carbocycles. The van der Waals surface area contributed by atoms with E-state index in [1.807, 2.05) is 24.3 Å². The number of anilines is 2. The number of rotatable bonds is 7. The number of carbonyl (C=O) groups is 1. The van der Waals surface area contributed by atoms with Crippen LogP contribution in [0.25, 0.3) is 0 Å². The van der Waals surface area contributed by atoms with E-state index in [4.69, 9.17) is 16.3 Å². The second-order valence-corrected chi connectivity index (χ2v) is 6.21. The van der Waals surface area contributed by atoms with Crippen LogP contribution in [0.4, 0.5) is 11.5 Å². The number of ether oxygens (including phenoxy) is 1. The highest BCUT2D eigenvalue weighted by Gasteiger charge is 2.08. The number of aromatic nitrogens is 2. The van der Waals surface area contributed by atoms with Gasteiger partial charge in [-0.1, -0.05) is 29.8 Å². The van der Waals surface area contributed by atoms with Crippen molar-refractivity contribution in [3.05, 3.63) is 77.2 Å². The van der Waals surface area contributed by atoms with Crippen LogP contribution in [0.15, 0.2) is 60.9 Å². The lowest BCUT2D eigenvalue weighted by Crippen LogP contribution is -2.15. The number of nitrogens with one attached hydrogen (secondary N) is 2. The average Bonchev–Trinajstić information content (AvgIpc) is 2.69. The number of carbonyl (C=O) groups excluding carboxylic acids is 1. The normalized spacial score (nSPS) is 10.3. The molecule has 0 unspecified atom stereocenters. The summed E-state index contributed by atoms with van der Waals surface area (Å²) in [4.78, 5) is 20.6. The number of hydrogen-bond donors (Lipinski definition) is 2. The van der Waals surface area contributed by atoms with Gasteiger partial charge >= 0.3 is 0 Å². The molecular weight excluding hydrogens is 364 g/mol. The van der Waals surface area contributed by atoms with E-state index in [2.05, 4.69) is 20.6 Å². The third-order valence-electron chi connectivity index (χ3n) is 3.85. The first-order valence-corrected chi connectivity index (χ1v) is 8.77. The summed E-state index contributed by atoms with van der Waals surface area (Å²) in [7, 11) is 1.65. The molecule has 0 atom stereocenters. The Bertz CT molecular complexity index is 899. The summed E-state index contributed by atoms with van der Waals surface area (Å²) >= 11 is 5.91. The van der Waals surface area contributed by atoms with Gasteiger partial charge in [-0.2, -0.15) is 0 Å². The fourth-order valence-electron chi connectivity index (χ4n) is 2.43. The van der Waals surface area contributed by atoms with Crippen molar-refractivity contribution in [3.63, 3.8) is 0 Å². The summed E-state index contributed by atoms with van der Waals surface area (Å²) in [5.41, 5.74) is 2.03. The van der Waals surface area contributed by atoms with Crippen LogP contribution in [0.2, 0.25) is 5.02 Å². The molecule has 0 aliphatic rings. The van der Waals surface area contributed by atoms with E-state index in [0.29, 0.717) is 23.1 Å². The molecule has 2 N–H and O–H groups in total. The molecule has 6 nitrogen and oxygen atoms in total. The van der Waals surface area contributed by atoms with Crippen molar-refractivity contribution < 1.29 is 9.53 Å². The molecule has 27 heavy (non-hydrogen) atoms. The Morgan fingerprint density at radius 3 is 2.59 bits per heavy atom. The smallest absolute Gasteiger partial charge is 0.275 e. The van der Waals surface area contributed by atoms with E-state index < -0.39 is 0 Å². The first-order chi connectivity index (χ1) is 13.1. The Morgan fingerprint density at radius 1 is 1.11 bits per heavy atom. The Hall–Kier alpha value is -3.12. The fraction of sp³-hybridized carbons (Fsp3) is 0.150. The monoisotopic (exact) mass is 382 g/mol. The molecule has 0 bridgehead atoms. The van der Waals surface area contributed by atoms with E-state index >= 15 is 0 Å². The Labute approximate surface area is 162 Å². The van der Waals surface area contributed by atoms with Crippen molar-refractivity contribution >= 4 is 29.0 Å². The zero-order valence-corrected chi connectivity index (χ0v) is 15.5. The van der Waals surface area contributed by atoms with Gasteiger partial charge in [0.2, 0.25) is 0 Å². The van der Waals surface area contributed by atoms with Crippen molar-refractivity contribution in [1.29, 1.82) is 0 Å². The minimum Gasteiger partial charge on any atom is -0.497 e. The molecule has 1 amide bonds. The van der Waals surface area contributed by atoms with Crippen LogP contribution in [0.1, 0.15) is 16.1 Å². The summed E-state index contributed by atoms with van der Waals surface area (Å²) in [6.07, 6.45) is 3.82. The van der Waals surface area contributed by atoms with E-state index in [9.17, 15) is 4.79 Å². The molecule has 0 saturated heterocycles. The molecule has 3 rings (SSSR count). The van der Waals surface area contributed by atoms with E-state index in [1.165, 1.54) is 11.8 Å². The molecular formula is C20H19ClN4O2. The van der Waals surface area contributed by atoms with Gasteiger partial charge in [-0.3, -0.25) is 4.79 Å². The summed E-state index contributed by atoms with van der Waals surface area (Å²) in [6.45, 7) is 0.703. The maximum Gasteiger partial charge on any atom is 0.275 e. The topological polar surface area (TPSA) is 76.1 Å². The van der Waals surface area contributed by atoms with Crippen molar-refractivity contribution in [1.82, 2.24) is 9.97 Å². The lowest BCUT2D eigenvalue weighted by atomic mass is 10.1. The van der Waals surface area contributed by atoms with Gasteiger partial charge in [-0.15, -0.1) is 0 Å². The SMILES string of the molecule is COc1ccc(CCNc2cnc(C(=O)Nc3cccc(Cl)c3)cn2)cc1. The zero-order chi connectivity index (χ0) is 19.1. The molecule has 0 fully saturated rings. The maximum atomic E-state index is 12.2. The molecule has 1 aromatic heterocycles. The maximum absolute atomic E-state index is 12.2. The van der Waals surface area contributed by atoms with E-state index in [-0.39, 0.29) is 11.6 Å². The Balaban J connectivity index is 1.51. The van der Waals surface area contributed by atoms with Gasteiger partial charge < -0.3 is 15.4 Å². The number of methoxy groups -OCH3 is 1. The number of nitrogens with zero attached hydrogens (tertiary/aromatic N) is 2. The first-order valence-electron chi connectivity index (χ1n) is 8.40. The van der Waals surface area contributed by atoms with Crippen LogP contribution in [0, 0.1) is 0 Å². The molecule has 0 aliphatic heterocycles. The Morgan fingerprint density at radius 2 is 1.93 bits per heavy atom. The molecule has 138 valence electrons. The lowest BCUT2D eigenvalue weighted by Gasteiger charge is -2.08. The minimum atomic E-state index is -0.338. The molecule has 0 radical (unpaired) electrons.